The van der Waals surface area contributed by atoms with E-state index in [1.165, 1.54) is 0 Å². The van der Waals surface area contributed by atoms with Gasteiger partial charge in [0, 0.05) is 25.3 Å². The SMILES string of the molecule is Cc1cccc(C)c1NC(=O)C1CNCCN1.Cl.Cl. The summed E-state index contributed by atoms with van der Waals surface area (Å²) in [6, 6.07) is 5.88. The number of halogens is 2. The van der Waals surface area contributed by atoms with Crippen LogP contribution in [-0.4, -0.2) is 31.6 Å². The van der Waals surface area contributed by atoms with Crippen LogP contribution in [-0.2, 0) is 4.79 Å². The van der Waals surface area contributed by atoms with Crippen molar-refractivity contribution in [3.05, 3.63) is 29.3 Å². The smallest absolute Gasteiger partial charge is 0.242 e. The van der Waals surface area contributed by atoms with E-state index < -0.39 is 0 Å². The fraction of sp³-hybridized carbons (Fsp3) is 0.462. The van der Waals surface area contributed by atoms with Crippen molar-refractivity contribution in [2.75, 3.05) is 25.0 Å². The molecule has 2 rings (SSSR count). The Morgan fingerprint density at radius 2 is 1.84 bits per heavy atom. The lowest BCUT2D eigenvalue weighted by molar-refractivity contribution is -0.118. The number of amides is 1. The predicted octanol–water partition coefficient (Wildman–Crippen LogP) is 1.65. The highest BCUT2D eigenvalue weighted by Crippen LogP contribution is 2.19. The maximum atomic E-state index is 12.1. The molecule has 0 aliphatic carbocycles. The molecule has 1 atom stereocenters. The van der Waals surface area contributed by atoms with Gasteiger partial charge in [0.15, 0.2) is 0 Å². The van der Waals surface area contributed by atoms with E-state index in [0.29, 0.717) is 6.54 Å². The molecule has 1 saturated heterocycles. The average Bonchev–Trinajstić information content (AvgIpc) is 2.35. The molecule has 1 heterocycles. The number of hydrogen-bond donors (Lipinski definition) is 3. The topological polar surface area (TPSA) is 53.2 Å². The van der Waals surface area contributed by atoms with Gasteiger partial charge in [-0.05, 0) is 25.0 Å². The molecule has 1 aliphatic rings. The third-order valence-corrected chi connectivity index (χ3v) is 3.09. The molecule has 1 amide bonds. The van der Waals surface area contributed by atoms with Gasteiger partial charge in [0.2, 0.25) is 5.91 Å². The van der Waals surface area contributed by atoms with Gasteiger partial charge >= 0.3 is 0 Å². The molecule has 6 heteroatoms. The van der Waals surface area contributed by atoms with Crippen LogP contribution < -0.4 is 16.0 Å². The van der Waals surface area contributed by atoms with E-state index in [-0.39, 0.29) is 36.8 Å². The van der Waals surface area contributed by atoms with E-state index in [1.54, 1.807) is 0 Å². The van der Waals surface area contributed by atoms with Crippen molar-refractivity contribution in [3.63, 3.8) is 0 Å². The first kappa shape index (κ1) is 18.2. The van der Waals surface area contributed by atoms with Crippen LogP contribution in [0.1, 0.15) is 11.1 Å². The Morgan fingerprint density at radius 3 is 2.37 bits per heavy atom. The molecule has 0 aromatic heterocycles. The average molecular weight is 306 g/mol. The number of para-hydroxylation sites is 1. The van der Waals surface area contributed by atoms with E-state index >= 15 is 0 Å². The minimum Gasteiger partial charge on any atom is -0.324 e. The van der Waals surface area contributed by atoms with Crippen molar-refractivity contribution < 1.29 is 4.79 Å². The first-order valence-corrected chi connectivity index (χ1v) is 5.99. The molecule has 108 valence electrons. The second-order valence-corrected chi connectivity index (χ2v) is 4.47. The summed E-state index contributed by atoms with van der Waals surface area (Å²) in [6.07, 6.45) is 0. The van der Waals surface area contributed by atoms with Crippen molar-refractivity contribution in [2.24, 2.45) is 0 Å². The Hall–Kier alpha value is -0.810. The molecule has 0 saturated carbocycles. The molecular formula is C13H21Cl2N3O. The van der Waals surface area contributed by atoms with Gasteiger partial charge in [0.25, 0.3) is 0 Å². The van der Waals surface area contributed by atoms with Crippen LogP contribution >= 0.6 is 24.8 Å². The maximum Gasteiger partial charge on any atom is 0.242 e. The van der Waals surface area contributed by atoms with Crippen LogP contribution in [0.2, 0.25) is 0 Å². The van der Waals surface area contributed by atoms with Gasteiger partial charge in [0.1, 0.15) is 0 Å². The molecule has 0 radical (unpaired) electrons. The molecular weight excluding hydrogens is 285 g/mol. The number of carbonyl (C=O) groups is 1. The molecule has 4 nitrogen and oxygen atoms in total. The molecule has 19 heavy (non-hydrogen) atoms. The summed E-state index contributed by atoms with van der Waals surface area (Å²) >= 11 is 0. The first-order chi connectivity index (χ1) is 8.18. The van der Waals surface area contributed by atoms with Gasteiger partial charge in [-0.3, -0.25) is 4.79 Å². The highest BCUT2D eigenvalue weighted by Gasteiger charge is 2.20. The van der Waals surface area contributed by atoms with Crippen LogP contribution in [0.3, 0.4) is 0 Å². The van der Waals surface area contributed by atoms with Crippen molar-refractivity contribution in [1.29, 1.82) is 0 Å². The van der Waals surface area contributed by atoms with Crippen LogP contribution in [0.25, 0.3) is 0 Å². The third-order valence-electron chi connectivity index (χ3n) is 3.09. The molecule has 1 aromatic carbocycles. The summed E-state index contributed by atoms with van der Waals surface area (Å²) < 4.78 is 0. The second kappa shape index (κ2) is 8.38. The van der Waals surface area contributed by atoms with E-state index in [1.807, 2.05) is 32.0 Å². The minimum absolute atomic E-state index is 0. The summed E-state index contributed by atoms with van der Waals surface area (Å²) in [5, 5.41) is 9.42. The van der Waals surface area contributed by atoms with E-state index in [0.717, 1.165) is 29.9 Å². The number of carbonyl (C=O) groups excluding carboxylic acids is 1. The zero-order valence-corrected chi connectivity index (χ0v) is 12.8. The first-order valence-electron chi connectivity index (χ1n) is 5.99. The van der Waals surface area contributed by atoms with E-state index in [4.69, 9.17) is 0 Å². The Morgan fingerprint density at radius 1 is 1.21 bits per heavy atom. The largest absolute Gasteiger partial charge is 0.324 e. The van der Waals surface area contributed by atoms with Crippen LogP contribution in [0.15, 0.2) is 18.2 Å². The Labute approximate surface area is 126 Å². The van der Waals surface area contributed by atoms with E-state index in [2.05, 4.69) is 16.0 Å². The summed E-state index contributed by atoms with van der Waals surface area (Å²) in [5.74, 6) is 0.0367. The quantitative estimate of drug-likeness (QED) is 0.779. The number of aryl methyl sites for hydroxylation is 2. The zero-order chi connectivity index (χ0) is 12.3. The Balaban J connectivity index is 0.00000162. The number of nitrogens with one attached hydrogen (secondary N) is 3. The summed E-state index contributed by atoms with van der Waals surface area (Å²) in [5.41, 5.74) is 3.13. The van der Waals surface area contributed by atoms with Gasteiger partial charge in [0.05, 0.1) is 6.04 Å². The standard InChI is InChI=1S/C13H19N3O.2ClH/c1-9-4-3-5-10(2)12(9)16-13(17)11-8-14-6-7-15-11;;/h3-5,11,14-15H,6-8H2,1-2H3,(H,16,17);2*1H. The molecule has 1 aliphatic heterocycles. The highest BCUT2D eigenvalue weighted by molar-refractivity contribution is 5.96. The van der Waals surface area contributed by atoms with Crippen LogP contribution in [0, 0.1) is 13.8 Å². The van der Waals surface area contributed by atoms with Gasteiger partial charge < -0.3 is 16.0 Å². The summed E-state index contributed by atoms with van der Waals surface area (Å²) in [6.45, 7) is 6.47. The lowest BCUT2D eigenvalue weighted by atomic mass is 10.1. The highest BCUT2D eigenvalue weighted by atomic mass is 35.5. The van der Waals surface area contributed by atoms with Gasteiger partial charge in [-0.1, -0.05) is 18.2 Å². The molecule has 1 fully saturated rings. The number of benzene rings is 1. The minimum atomic E-state index is -0.136. The summed E-state index contributed by atoms with van der Waals surface area (Å²) in [4.78, 5) is 12.1. The van der Waals surface area contributed by atoms with Crippen LogP contribution in [0.5, 0.6) is 0 Å². The van der Waals surface area contributed by atoms with Crippen molar-refractivity contribution in [3.8, 4) is 0 Å². The third kappa shape index (κ3) is 4.66. The fourth-order valence-electron chi connectivity index (χ4n) is 2.06. The molecule has 3 N–H and O–H groups in total. The Kier molecular flexibility index (Phi) is 8.02. The normalized spacial score (nSPS) is 17.9. The fourth-order valence-corrected chi connectivity index (χ4v) is 2.06. The summed E-state index contributed by atoms with van der Waals surface area (Å²) in [7, 11) is 0. The van der Waals surface area contributed by atoms with Crippen LogP contribution in [0.4, 0.5) is 5.69 Å². The lowest BCUT2D eigenvalue weighted by Crippen LogP contribution is -2.54. The zero-order valence-electron chi connectivity index (χ0n) is 11.2. The van der Waals surface area contributed by atoms with Gasteiger partial charge in [-0.15, -0.1) is 24.8 Å². The number of anilines is 1. The molecule has 1 unspecified atom stereocenters. The number of hydrogen-bond acceptors (Lipinski definition) is 3. The van der Waals surface area contributed by atoms with E-state index in [9.17, 15) is 4.79 Å². The maximum absolute atomic E-state index is 12.1. The lowest BCUT2D eigenvalue weighted by Gasteiger charge is -2.24. The van der Waals surface area contributed by atoms with Crippen molar-refractivity contribution in [2.45, 2.75) is 19.9 Å². The Bertz CT molecular complexity index is 400. The van der Waals surface area contributed by atoms with Crippen molar-refractivity contribution >= 4 is 36.4 Å². The molecule has 1 aromatic rings. The monoisotopic (exact) mass is 305 g/mol. The molecule has 0 spiro atoms. The molecule has 0 bridgehead atoms. The number of piperazine rings is 1. The second-order valence-electron chi connectivity index (χ2n) is 4.47. The predicted molar refractivity (Wildman–Crippen MR) is 83.7 cm³/mol. The van der Waals surface area contributed by atoms with Crippen molar-refractivity contribution in [1.82, 2.24) is 10.6 Å². The van der Waals surface area contributed by atoms with Gasteiger partial charge in [-0.2, -0.15) is 0 Å². The van der Waals surface area contributed by atoms with Gasteiger partial charge in [-0.25, -0.2) is 0 Å². The number of rotatable bonds is 2.